The zero-order valence-corrected chi connectivity index (χ0v) is 21.2. The van der Waals surface area contributed by atoms with Crippen molar-refractivity contribution in [2.75, 3.05) is 0 Å². The van der Waals surface area contributed by atoms with Gasteiger partial charge in [0.05, 0.1) is 0 Å². The van der Waals surface area contributed by atoms with Crippen LogP contribution in [0.15, 0.2) is 48.5 Å². The van der Waals surface area contributed by atoms with Crippen molar-refractivity contribution in [1.82, 2.24) is 0 Å². The van der Waals surface area contributed by atoms with E-state index in [1.165, 1.54) is 23.9 Å². The molecule has 0 aliphatic heterocycles. The van der Waals surface area contributed by atoms with E-state index in [0.29, 0.717) is 0 Å². The Balaban J connectivity index is 0.000000326. The van der Waals surface area contributed by atoms with Crippen LogP contribution in [0.25, 0.3) is 0 Å². The number of hydrogen-bond acceptors (Lipinski definition) is 0. The topological polar surface area (TPSA) is 0 Å². The molecule has 0 radical (unpaired) electrons. The first kappa shape index (κ1) is 21.9. The Kier molecular flexibility index (Phi) is 9.83. The molecule has 0 aromatic heterocycles. The molecule has 0 fully saturated rings. The number of rotatable bonds is 2. The summed E-state index contributed by atoms with van der Waals surface area (Å²) in [6.07, 6.45) is 0. The van der Waals surface area contributed by atoms with Gasteiger partial charge < -0.3 is 0 Å². The van der Waals surface area contributed by atoms with Crippen LogP contribution < -0.4 is 10.4 Å². The van der Waals surface area contributed by atoms with Crippen LogP contribution in [-0.4, -0.2) is 19.4 Å². The van der Waals surface area contributed by atoms with Gasteiger partial charge in [-0.15, -0.1) is 0 Å². The van der Waals surface area contributed by atoms with E-state index < -0.39 is 16.1 Å². The summed E-state index contributed by atoms with van der Waals surface area (Å²) in [4.78, 5) is 0. The van der Waals surface area contributed by atoms with E-state index in [2.05, 4.69) is 102 Å². The maximum atomic E-state index is 2.36. The van der Waals surface area contributed by atoms with Gasteiger partial charge in [0.25, 0.3) is 0 Å². The van der Waals surface area contributed by atoms with Crippen molar-refractivity contribution < 1.29 is 23.9 Å². The second kappa shape index (κ2) is 9.89. The second-order valence-electron chi connectivity index (χ2n) is 7.85. The molecule has 0 saturated heterocycles. The van der Waals surface area contributed by atoms with Crippen LogP contribution in [0.4, 0.5) is 0 Å². The van der Waals surface area contributed by atoms with Crippen LogP contribution in [0, 0.1) is 0 Å². The first-order valence-electron chi connectivity index (χ1n) is 7.90. The molecule has 0 spiro atoms. The summed E-state index contributed by atoms with van der Waals surface area (Å²) >= 11 is 1.27. The minimum absolute atomic E-state index is 0.981. The molecule has 2 aromatic carbocycles. The van der Waals surface area contributed by atoms with Gasteiger partial charge in [0.15, 0.2) is 0 Å². The van der Waals surface area contributed by atoms with Crippen LogP contribution in [0.1, 0.15) is 13.8 Å². The van der Waals surface area contributed by atoms with Crippen LogP contribution >= 0.6 is 0 Å². The molecule has 0 aliphatic rings. The van der Waals surface area contributed by atoms with Gasteiger partial charge in [0, 0.05) is 16.1 Å². The Labute approximate surface area is 154 Å². The van der Waals surface area contributed by atoms with Crippen molar-refractivity contribution >= 4 is 29.8 Å². The average molecular weight is 495 g/mol. The first-order chi connectivity index (χ1) is 9.94. The Morgan fingerprint density at radius 3 is 1.14 bits per heavy atom. The van der Waals surface area contributed by atoms with Gasteiger partial charge in [-0.3, -0.25) is 0 Å². The SMILES string of the molecule is C[C](C)=[Hf+2].C[Si](C)(C)c1cc[cH-]c1.C[Si](C)(C)c1cc[cH-]c1. The summed E-state index contributed by atoms with van der Waals surface area (Å²) in [7, 11) is -1.96. The molecule has 0 unspecified atom stereocenters. The van der Waals surface area contributed by atoms with Gasteiger partial charge in [-0.05, 0) is 0 Å². The molecular formula is C19H32HfSi2. The Morgan fingerprint density at radius 1 is 0.773 bits per heavy atom. The first-order valence-corrected chi connectivity index (χ1v) is 16.7. The largest absolute Gasteiger partial charge is 0.212 e. The maximum absolute atomic E-state index is 2.36. The van der Waals surface area contributed by atoms with Gasteiger partial charge in [0.1, 0.15) is 0 Å². The van der Waals surface area contributed by atoms with Crippen molar-refractivity contribution in [2.24, 2.45) is 0 Å². The van der Waals surface area contributed by atoms with E-state index in [9.17, 15) is 0 Å². The summed E-state index contributed by atoms with van der Waals surface area (Å²) in [6.45, 7) is 18.5. The molecule has 2 aromatic rings. The Bertz CT molecular complexity index is 461. The molecule has 2 rings (SSSR count). The Morgan fingerprint density at radius 2 is 1.05 bits per heavy atom. The van der Waals surface area contributed by atoms with Crippen molar-refractivity contribution in [3.8, 4) is 0 Å². The molecule has 0 amide bonds. The molecule has 120 valence electrons. The fourth-order valence-electron chi connectivity index (χ4n) is 1.75. The zero-order chi connectivity index (χ0) is 17.4. The van der Waals surface area contributed by atoms with Gasteiger partial charge in [0.2, 0.25) is 0 Å². The van der Waals surface area contributed by atoms with E-state index in [1.807, 2.05) is 0 Å². The van der Waals surface area contributed by atoms with Crippen LogP contribution in [0.2, 0.25) is 39.3 Å². The predicted molar refractivity (Wildman–Crippen MR) is 106 cm³/mol. The molecule has 3 heteroatoms. The van der Waals surface area contributed by atoms with Gasteiger partial charge in [-0.2, -0.15) is 36.4 Å². The summed E-state index contributed by atoms with van der Waals surface area (Å²) in [6, 6.07) is 17.4. The summed E-state index contributed by atoms with van der Waals surface area (Å²) < 4.78 is 1.56. The third-order valence-electron chi connectivity index (χ3n) is 3.06. The molecule has 0 aliphatic carbocycles. The fourth-order valence-corrected chi connectivity index (χ4v) is 4.13. The normalized spacial score (nSPS) is 11.0. The average Bonchev–Trinajstić information content (AvgIpc) is 3.02. The van der Waals surface area contributed by atoms with E-state index >= 15 is 0 Å². The molecular weight excluding hydrogens is 463 g/mol. The molecule has 0 heterocycles. The predicted octanol–water partition coefficient (Wildman–Crippen LogP) is 4.65. The summed E-state index contributed by atoms with van der Waals surface area (Å²) in [5.74, 6) is 0. The van der Waals surface area contributed by atoms with Crippen molar-refractivity contribution in [2.45, 2.75) is 53.1 Å². The molecule has 0 atom stereocenters. The molecule has 22 heavy (non-hydrogen) atoms. The quantitative estimate of drug-likeness (QED) is 0.421. The standard InChI is InChI=1S/2C8H13Si.C3H6.Hf/c2*1-9(2,3)8-6-4-5-7-8;1-3-2;/h2*4-7H,1-3H3;1-2H3;/q2*-1;;+2. The van der Waals surface area contributed by atoms with Crippen molar-refractivity contribution in [3.63, 3.8) is 0 Å². The maximum Gasteiger partial charge on any atom is 0.00392 e. The minimum atomic E-state index is -0.981. The molecule has 0 bridgehead atoms. The summed E-state index contributed by atoms with van der Waals surface area (Å²) in [5, 5.41) is 3.12. The summed E-state index contributed by atoms with van der Waals surface area (Å²) in [5.41, 5.74) is 0. The molecule has 0 N–H and O–H groups in total. The van der Waals surface area contributed by atoms with E-state index in [-0.39, 0.29) is 0 Å². The van der Waals surface area contributed by atoms with E-state index in [1.54, 1.807) is 13.6 Å². The smallest absolute Gasteiger partial charge is 0.00392 e. The monoisotopic (exact) mass is 496 g/mol. The minimum Gasteiger partial charge on any atom is -0.212 e. The van der Waals surface area contributed by atoms with Gasteiger partial charge >= 0.3 is 41.0 Å². The number of hydrogen-bond donors (Lipinski definition) is 0. The van der Waals surface area contributed by atoms with E-state index in [0.717, 1.165) is 0 Å². The third kappa shape index (κ3) is 10.6. The van der Waals surface area contributed by atoms with Crippen molar-refractivity contribution in [3.05, 3.63) is 48.5 Å². The molecule has 0 nitrogen and oxygen atoms in total. The van der Waals surface area contributed by atoms with Crippen LogP contribution in [0.5, 0.6) is 0 Å². The van der Waals surface area contributed by atoms with Crippen molar-refractivity contribution in [1.29, 1.82) is 0 Å². The fraction of sp³-hybridized carbons (Fsp3) is 0.421. The van der Waals surface area contributed by atoms with E-state index in [4.69, 9.17) is 0 Å². The van der Waals surface area contributed by atoms with Gasteiger partial charge in [-0.25, -0.2) is 22.5 Å². The van der Waals surface area contributed by atoms with Crippen LogP contribution in [-0.2, 0) is 23.9 Å². The third-order valence-corrected chi connectivity index (χ3v) is 7.19. The molecule has 0 saturated carbocycles. The Hall–Kier alpha value is -0.126. The van der Waals surface area contributed by atoms with Gasteiger partial charge in [-0.1, -0.05) is 39.3 Å². The second-order valence-corrected chi connectivity index (χ2v) is 21.6. The zero-order valence-electron chi connectivity index (χ0n) is 15.6. The van der Waals surface area contributed by atoms with Crippen LogP contribution in [0.3, 0.4) is 0 Å².